The van der Waals surface area contributed by atoms with Gasteiger partial charge in [-0.15, -0.1) is 0 Å². The van der Waals surface area contributed by atoms with Crippen LogP contribution in [0.25, 0.3) is 0 Å². The Hall–Kier alpha value is -2.40. The molecule has 0 spiro atoms. The van der Waals surface area contributed by atoms with E-state index in [1.165, 1.54) is 13.5 Å². The summed E-state index contributed by atoms with van der Waals surface area (Å²) in [4.78, 5) is 25.1. The van der Waals surface area contributed by atoms with E-state index in [2.05, 4.69) is 17.2 Å². The van der Waals surface area contributed by atoms with Crippen LogP contribution < -0.4 is 10.1 Å². The summed E-state index contributed by atoms with van der Waals surface area (Å²) in [5, 5.41) is 34.9. The van der Waals surface area contributed by atoms with E-state index in [9.17, 15) is 24.9 Å². The minimum absolute atomic E-state index is 0.0125. The van der Waals surface area contributed by atoms with Crippen molar-refractivity contribution in [1.29, 1.82) is 0 Å². The number of hydrogen-bond donors (Lipinski definition) is 4. The number of phenols is 1. The number of fused-ring (bicyclic) bond motifs is 4. The molecule has 1 aliphatic heterocycles. The Labute approximate surface area is 231 Å². The van der Waals surface area contributed by atoms with Crippen LogP contribution in [0, 0.1) is 41.4 Å². The standard InChI is InChI=1S/C32H43NO6/c1-39-32-15-21-5-11-30(37)26(8-4-20(12-13-34)27(21)17-31(32)38)29(36)10-3-19-2-7-24-22(14-19)18-33-28-16-23(35)6-9-25(24)28/h15,17,19-20,22,24-26,28-29,33-34,36,38H,2-3,5-7,9-14,16,18H2,1H3/t19-,20-,22-,24+,25-,26+,28+,29+/m0/s1. The maximum absolute atomic E-state index is 13.2. The highest BCUT2D eigenvalue weighted by Crippen LogP contribution is 2.46. The molecule has 2 saturated carbocycles. The van der Waals surface area contributed by atoms with Crippen molar-refractivity contribution in [2.45, 2.75) is 88.7 Å². The van der Waals surface area contributed by atoms with Crippen molar-refractivity contribution in [2.75, 3.05) is 20.3 Å². The quantitative estimate of drug-likeness (QED) is 0.394. The van der Waals surface area contributed by atoms with Crippen molar-refractivity contribution >= 4 is 11.6 Å². The van der Waals surface area contributed by atoms with Gasteiger partial charge < -0.3 is 25.4 Å². The van der Waals surface area contributed by atoms with Gasteiger partial charge in [-0.05, 0) is 98.4 Å². The predicted octanol–water partition coefficient (Wildman–Crippen LogP) is 3.52. The Balaban J connectivity index is 1.22. The molecule has 0 aromatic heterocycles. The van der Waals surface area contributed by atoms with Crippen LogP contribution in [0.4, 0.5) is 0 Å². The molecule has 0 radical (unpaired) electrons. The van der Waals surface area contributed by atoms with Crippen LogP contribution >= 0.6 is 0 Å². The topological polar surface area (TPSA) is 116 Å². The van der Waals surface area contributed by atoms with Crippen molar-refractivity contribution in [1.82, 2.24) is 5.32 Å². The highest BCUT2D eigenvalue weighted by Gasteiger charge is 2.44. The van der Waals surface area contributed by atoms with Crippen molar-refractivity contribution in [3.63, 3.8) is 0 Å². The zero-order chi connectivity index (χ0) is 27.5. The maximum atomic E-state index is 13.2. The molecule has 212 valence electrons. The van der Waals surface area contributed by atoms with Gasteiger partial charge in [-0.3, -0.25) is 9.59 Å². The summed E-state index contributed by atoms with van der Waals surface area (Å²) in [6.45, 7) is 0.918. The second-order valence-corrected chi connectivity index (χ2v) is 12.2. The summed E-state index contributed by atoms with van der Waals surface area (Å²) in [7, 11) is 1.49. The molecular formula is C32H43NO6. The first-order valence-electron chi connectivity index (χ1n) is 14.9. The third-order valence-electron chi connectivity index (χ3n) is 9.95. The Bertz CT molecular complexity index is 1120. The largest absolute Gasteiger partial charge is 0.504 e. The number of rotatable bonds is 7. The van der Waals surface area contributed by atoms with Crippen molar-refractivity contribution in [3.05, 3.63) is 23.3 Å². The normalized spacial score (nSPS) is 33.3. The number of Topliss-reactive ketones (excluding diaryl/α,β-unsaturated/α-hetero) is 2. The Morgan fingerprint density at radius 3 is 2.72 bits per heavy atom. The fourth-order valence-electron chi connectivity index (χ4n) is 7.85. The third-order valence-corrected chi connectivity index (χ3v) is 9.95. The second-order valence-electron chi connectivity index (χ2n) is 12.2. The van der Waals surface area contributed by atoms with Crippen LogP contribution in [0.3, 0.4) is 0 Å². The summed E-state index contributed by atoms with van der Waals surface area (Å²) in [5.74, 6) is 8.38. The minimum Gasteiger partial charge on any atom is -0.504 e. The molecule has 4 N–H and O–H groups in total. The number of carbonyl (C=O) groups is 2. The molecule has 5 rings (SSSR count). The number of piperidine rings is 1. The van der Waals surface area contributed by atoms with Gasteiger partial charge in [0, 0.05) is 37.8 Å². The molecule has 7 nitrogen and oxygen atoms in total. The number of ether oxygens (including phenoxy) is 1. The van der Waals surface area contributed by atoms with Crippen LogP contribution in [-0.2, 0) is 16.0 Å². The lowest BCUT2D eigenvalue weighted by atomic mass is 9.61. The second kappa shape index (κ2) is 12.4. The van der Waals surface area contributed by atoms with Gasteiger partial charge in [-0.1, -0.05) is 18.3 Å². The first kappa shape index (κ1) is 28.1. The molecule has 8 atom stereocenters. The molecule has 1 heterocycles. The summed E-state index contributed by atoms with van der Waals surface area (Å²) < 4.78 is 5.27. The number of hydrogen-bond acceptors (Lipinski definition) is 7. The molecule has 3 aliphatic carbocycles. The van der Waals surface area contributed by atoms with Crippen LogP contribution in [0.5, 0.6) is 11.5 Å². The number of phenolic OH excluding ortho intramolecular Hbond substituents is 1. The highest BCUT2D eigenvalue weighted by atomic mass is 16.5. The number of aliphatic hydroxyl groups excluding tert-OH is 2. The first-order valence-corrected chi connectivity index (χ1v) is 14.9. The minimum atomic E-state index is -0.820. The number of carbonyl (C=O) groups excluding carboxylic acids is 2. The lowest BCUT2D eigenvalue weighted by molar-refractivity contribution is -0.124. The molecule has 3 fully saturated rings. The van der Waals surface area contributed by atoms with E-state index >= 15 is 0 Å². The van der Waals surface area contributed by atoms with E-state index in [0.717, 1.165) is 49.8 Å². The average molecular weight is 538 g/mol. The molecule has 0 bridgehead atoms. The number of methoxy groups -OCH3 is 1. The van der Waals surface area contributed by atoms with Gasteiger partial charge in [-0.25, -0.2) is 0 Å². The number of aromatic hydroxyl groups is 1. The monoisotopic (exact) mass is 537 g/mol. The van der Waals surface area contributed by atoms with Gasteiger partial charge in [0.1, 0.15) is 11.7 Å². The fraction of sp³-hybridized carbons (Fsp3) is 0.688. The fourth-order valence-corrected chi connectivity index (χ4v) is 7.85. The van der Waals surface area contributed by atoms with Crippen LogP contribution in [0.2, 0.25) is 0 Å². The Morgan fingerprint density at radius 2 is 1.92 bits per heavy atom. The van der Waals surface area contributed by atoms with E-state index in [4.69, 9.17) is 4.74 Å². The summed E-state index contributed by atoms with van der Waals surface area (Å²) >= 11 is 0. The molecule has 7 heteroatoms. The molecule has 0 amide bonds. The summed E-state index contributed by atoms with van der Waals surface area (Å²) in [6, 6.07) is 3.75. The molecule has 1 aromatic carbocycles. The molecule has 1 aromatic rings. The number of aryl methyl sites for hydroxylation is 1. The number of benzene rings is 1. The van der Waals surface area contributed by atoms with Gasteiger partial charge >= 0.3 is 0 Å². The van der Waals surface area contributed by atoms with Crippen LogP contribution in [0.15, 0.2) is 12.1 Å². The molecule has 1 saturated heterocycles. The van der Waals surface area contributed by atoms with Crippen molar-refractivity contribution in [3.8, 4) is 23.3 Å². The van der Waals surface area contributed by atoms with E-state index in [1.807, 2.05) is 0 Å². The molecule has 39 heavy (non-hydrogen) atoms. The van der Waals surface area contributed by atoms with E-state index in [0.29, 0.717) is 66.9 Å². The number of aliphatic hydroxyl groups is 2. The zero-order valence-electron chi connectivity index (χ0n) is 23.0. The smallest absolute Gasteiger partial charge is 0.160 e. The Morgan fingerprint density at radius 1 is 1.08 bits per heavy atom. The van der Waals surface area contributed by atoms with E-state index in [1.54, 1.807) is 12.1 Å². The number of ketones is 2. The van der Waals surface area contributed by atoms with Gasteiger partial charge in [0.25, 0.3) is 0 Å². The van der Waals surface area contributed by atoms with E-state index < -0.39 is 12.0 Å². The zero-order valence-corrected chi connectivity index (χ0v) is 23.0. The maximum Gasteiger partial charge on any atom is 0.160 e. The van der Waals surface area contributed by atoms with Gasteiger partial charge in [0.05, 0.1) is 13.2 Å². The van der Waals surface area contributed by atoms with Crippen molar-refractivity contribution in [2.24, 2.45) is 29.6 Å². The number of nitrogens with one attached hydrogen (secondary N) is 1. The SMILES string of the molecule is COc1cc2c(cc1O)[C@H](CCO)C#C[C@H]([C@H](O)CC[C@@H]1CC[C@@H]3[C@H](CN[C@@H]4CC(=O)CC[C@@H]34)C1)C(=O)CC2. The summed E-state index contributed by atoms with van der Waals surface area (Å²) in [5.41, 5.74) is 1.68. The lowest BCUT2D eigenvalue weighted by Crippen LogP contribution is -2.54. The molecule has 0 unspecified atom stereocenters. The molecular weight excluding hydrogens is 494 g/mol. The van der Waals surface area contributed by atoms with E-state index in [-0.39, 0.29) is 30.5 Å². The first-order chi connectivity index (χ1) is 18.9. The summed E-state index contributed by atoms with van der Waals surface area (Å²) in [6.07, 6.45) is 7.66. The van der Waals surface area contributed by atoms with Gasteiger partial charge in [0.15, 0.2) is 17.3 Å². The van der Waals surface area contributed by atoms with Gasteiger partial charge in [0.2, 0.25) is 0 Å². The van der Waals surface area contributed by atoms with Crippen LogP contribution in [-0.4, -0.2) is 59.3 Å². The van der Waals surface area contributed by atoms with Gasteiger partial charge in [-0.2, -0.15) is 0 Å². The van der Waals surface area contributed by atoms with Crippen molar-refractivity contribution < 1.29 is 29.6 Å². The average Bonchev–Trinajstić information content (AvgIpc) is 2.99. The third kappa shape index (κ3) is 6.19. The predicted molar refractivity (Wildman–Crippen MR) is 147 cm³/mol. The Kier molecular flexibility index (Phi) is 8.96. The molecule has 4 aliphatic rings. The highest BCUT2D eigenvalue weighted by molar-refractivity contribution is 5.85. The van der Waals surface area contributed by atoms with Crippen LogP contribution in [0.1, 0.15) is 81.3 Å². The lowest BCUT2D eigenvalue weighted by Gasteiger charge is -2.49.